The van der Waals surface area contributed by atoms with Crippen molar-refractivity contribution in [3.05, 3.63) is 71.8 Å². The van der Waals surface area contributed by atoms with Gasteiger partial charge in [0.25, 0.3) is 5.91 Å². The summed E-state index contributed by atoms with van der Waals surface area (Å²) < 4.78 is 5.09. The Kier molecular flexibility index (Phi) is 7.55. The summed E-state index contributed by atoms with van der Waals surface area (Å²) in [6.45, 7) is -0.532. The number of esters is 1. The highest BCUT2D eigenvalue weighted by Crippen LogP contribution is 2.28. The van der Waals surface area contributed by atoms with Crippen molar-refractivity contribution in [3.63, 3.8) is 0 Å². The smallest absolute Gasteiger partial charge is 0.307 e. The molecule has 0 aliphatic heterocycles. The first-order valence-corrected chi connectivity index (χ1v) is 8.69. The lowest BCUT2D eigenvalue weighted by atomic mass is 9.89. The molecule has 0 aliphatic rings. The zero-order valence-corrected chi connectivity index (χ0v) is 15.6. The number of ether oxygens (including phenoxy) is 1. The Morgan fingerprint density at radius 2 is 1.44 bits per heavy atom. The van der Waals surface area contributed by atoms with Crippen molar-refractivity contribution in [2.75, 3.05) is 27.2 Å². The number of hydrogen-bond donors (Lipinski definition) is 1. The van der Waals surface area contributed by atoms with E-state index in [1.807, 2.05) is 60.7 Å². The Bertz CT molecular complexity index is 721. The zero-order valence-electron chi connectivity index (χ0n) is 15.6. The summed E-state index contributed by atoms with van der Waals surface area (Å²) in [5.41, 5.74) is 2.00. The Hall–Kier alpha value is -3.15. The lowest BCUT2D eigenvalue weighted by molar-refractivity contribution is -0.148. The fraction of sp³-hybridized carbons (Fsp3) is 0.286. The van der Waals surface area contributed by atoms with Crippen molar-refractivity contribution >= 4 is 17.8 Å². The van der Waals surface area contributed by atoms with Crippen molar-refractivity contribution < 1.29 is 19.1 Å². The van der Waals surface area contributed by atoms with Crippen LogP contribution in [0.1, 0.15) is 23.5 Å². The molecule has 27 heavy (non-hydrogen) atoms. The molecule has 0 saturated carbocycles. The molecule has 2 rings (SSSR count). The van der Waals surface area contributed by atoms with Gasteiger partial charge in [0.2, 0.25) is 5.91 Å². The average Bonchev–Trinajstić information content (AvgIpc) is 2.69. The molecule has 0 spiro atoms. The van der Waals surface area contributed by atoms with Crippen LogP contribution in [0.5, 0.6) is 0 Å². The van der Waals surface area contributed by atoms with Crippen LogP contribution in [0.4, 0.5) is 0 Å². The van der Waals surface area contributed by atoms with Crippen LogP contribution >= 0.6 is 0 Å². The van der Waals surface area contributed by atoms with Gasteiger partial charge >= 0.3 is 5.97 Å². The van der Waals surface area contributed by atoms with E-state index in [9.17, 15) is 14.4 Å². The Morgan fingerprint density at radius 3 is 1.93 bits per heavy atom. The average molecular weight is 368 g/mol. The van der Waals surface area contributed by atoms with Crippen LogP contribution in [-0.2, 0) is 19.1 Å². The maximum Gasteiger partial charge on any atom is 0.307 e. The molecule has 0 aliphatic carbocycles. The second-order valence-electron chi connectivity index (χ2n) is 6.30. The van der Waals surface area contributed by atoms with E-state index in [0.29, 0.717) is 0 Å². The minimum Gasteiger partial charge on any atom is -0.456 e. The lowest BCUT2D eigenvalue weighted by Crippen LogP contribution is -2.38. The number of hydrogen-bond acceptors (Lipinski definition) is 4. The highest BCUT2D eigenvalue weighted by Gasteiger charge is 2.19. The molecule has 0 aromatic heterocycles. The molecule has 6 heteroatoms. The summed E-state index contributed by atoms with van der Waals surface area (Å²) in [4.78, 5) is 36.8. The molecule has 0 saturated heterocycles. The van der Waals surface area contributed by atoms with Crippen LogP contribution in [-0.4, -0.2) is 49.9 Å². The van der Waals surface area contributed by atoms with Gasteiger partial charge in [0.15, 0.2) is 6.61 Å². The predicted octanol–water partition coefficient (Wildman–Crippen LogP) is 1.96. The van der Waals surface area contributed by atoms with E-state index in [4.69, 9.17) is 4.74 Å². The van der Waals surface area contributed by atoms with Gasteiger partial charge in [-0.15, -0.1) is 0 Å². The standard InChI is InChI=1S/C21H24N2O4/c1-23(2)20(25)14-22-19(24)15-27-21(26)13-18(16-9-5-3-6-10-16)17-11-7-4-8-12-17/h3-12,18H,13-15H2,1-2H3,(H,22,24). The van der Waals surface area contributed by atoms with Gasteiger partial charge in [0.1, 0.15) is 0 Å². The fourth-order valence-corrected chi connectivity index (χ4v) is 2.55. The molecular weight excluding hydrogens is 344 g/mol. The molecule has 0 heterocycles. The molecule has 2 aromatic rings. The molecule has 0 bridgehead atoms. The molecule has 2 amide bonds. The van der Waals surface area contributed by atoms with Crippen molar-refractivity contribution in [1.82, 2.24) is 10.2 Å². The predicted molar refractivity (Wildman–Crippen MR) is 102 cm³/mol. The molecule has 6 nitrogen and oxygen atoms in total. The normalized spacial score (nSPS) is 10.3. The molecule has 0 unspecified atom stereocenters. The van der Waals surface area contributed by atoms with Gasteiger partial charge in [0.05, 0.1) is 13.0 Å². The SMILES string of the molecule is CN(C)C(=O)CNC(=O)COC(=O)CC(c1ccccc1)c1ccccc1. The maximum atomic E-state index is 12.3. The van der Waals surface area contributed by atoms with Gasteiger partial charge in [-0.2, -0.15) is 0 Å². The van der Waals surface area contributed by atoms with E-state index in [0.717, 1.165) is 11.1 Å². The van der Waals surface area contributed by atoms with Crippen LogP contribution in [0.25, 0.3) is 0 Å². The van der Waals surface area contributed by atoms with Gasteiger partial charge < -0.3 is 15.0 Å². The Balaban J connectivity index is 1.93. The number of likely N-dealkylation sites (N-methyl/N-ethyl adjacent to an activating group) is 1. The van der Waals surface area contributed by atoms with Gasteiger partial charge in [-0.3, -0.25) is 14.4 Å². The number of carbonyl (C=O) groups excluding carboxylic acids is 3. The number of carbonyl (C=O) groups is 3. The van der Waals surface area contributed by atoms with Crippen molar-refractivity contribution in [1.29, 1.82) is 0 Å². The second-order valence-corrected chi connectivity index (χ2v) is 6.30. The van der Waals surface area contributed by atoms with E-state index in [-0.39, 0.29) is 24.8 Å². The highest BCUT2D eigenvalue weighted by molar-refractivity contribution is 5.86. The summed E-state index contributed by atoms with van der Waals surface area (Å²) in [7, 11) is 3.20. The lowest BCUT2D eigenvalue weighted by Gasteiger charge is -2.17. The van der Waals surface area contributed by atoms with E-state index in [1.165, 1.54) is 4.90 Å². The van der Waals surface area contributed by atoms with E-state index >= 15 is 0 Å². The first kappa shape index (κ1) is 20.2. The van der Waals surface area contributed by atoms with E-state index in [1.54, 1.807) is 14.1 Å². The summed E-state index contributed by atoms with van der Waals surface area (Å²) in [5, 5.41) is 2.43. The first-order valence-electron chi connectivity index (χ1n) is 8.69. The second kappa shape index (κ2) is 10.1. The fourth-order valence-electron chi connectivity index (χ4n) is 2.55. The molecule has 0 atom stereocenters. The molecule has 2 aromatic carbocycles. The topological polar surface area (TPSA) is 75.7 Å². The third kappa shape index (κ3) is 6.58. The van der Waals surface area contributed by atoms with Crippen LogP contribution < -0.4 is 5.32 Å². The van der Waals surface area contributed by atoms with E-state index < -0.39 is 18.5 Å². The van der Waals surface area contributed by atoms with Crippen LogP contribution in [0.2, 0.25) is 0 Å². The minimum absolute atomic E-state index is 0.123. The molecule has 142 valence electrons. The monoisotopic (exact) mass is 368 g/mol. The van der Waals surface area contributed by atoms with Gasteiger partial charge in [-0.05, 0) is 11.1 Å². The van der Waals surface area contributed by atoms with E-state index in [2.05, 4.69) is 5.32 Å². The quantitative estimate of drug-likeness (QED) is 0.723. The van der Waals surface area contributed by atoms with Crippen LogP contribution in [0.15, 0.2) is 60.7 Å². The van der Waals surface area contributed by atoms with Gasteiger partial charge in [-0.25, -0.2) is 0 Å². The molecule has 0 fully saturated rings. The first-order chi connectivity index (χ1) is 13.0. The number of nitrogens with one attached hydrogen (secondary N) is 1. The molecule has 1 N–H and O–H groups in total. The maximum absolute atomic E-state index is 12.3. The van der Waals surface area contributed by atoms with Gasteiger partial charge in [-0.1, -0.05) is 60.7 Å². The Labute approximate surface area is 159 Å². The molecular formula is C21H24N2O4. The summed E-state index contributed by atoms with van der Waals surface area (Å²) in [6, 6.07) is 19.4. The summed E-state index contributed by atoms with van der Waals surface area (Å²) in [5.74, 6) is -1.36. The zero-order chi connectivity index (χ0) is 19.6. The number of rotatable bonds is 8. The van der Waals surface area contributed by atoms with Gasteiger partial charge in [0, 0.05) is 20.0 Å². The van der Waals surface area contributed by atoms with Crippen molar-refractivity contribution in [3.8, 4) is 0 Å². The van der Waals surface area contributed by atoms with Crippen LogP contribution in [0, 0.1) is 0 Å². The molecule has 0 radical (unpaired) electrons. The summed E-state index contributed by atoms with van der Waals surface area (Å²) in [6.07, 6.45) is 0.123. The highest BCUT2D eigenvalue weighted by atomic mass is 16.5. The third-order valence-corrected chi connectivity index (χ3v) is 4.07. The minimum atomic E-state index is -0.505. The number of nitrogens with zero attached hydrogens (tertiary/aromatic N) is 1. The third-order valence-electron chi connectivity index (χ3n) is 4.07. The van der Waals surface area contributed by atoms with Crippen molar-refractivity contribution in [2.45, 2.75) is 12.3 Å². The Morgan fingerprint density at radius 1 is 0.926 bits per heavy atom. The van der Waals surface area contributed by atoms with Crippen LogP contribution in [0.3, 0.4) is 0 Å². The van der Waals surface area contributed by atoms with Crippen molar-refractivity contribution in [2.24, 2.45) is 0 Å². The summed E-state index contributed by atoms with van der Waals surface area (Å²) >= 11 is 0. The number of amides is 2. The number of benzene rings is 2. The largest absolute Gasteiger partial charge is 0.456 e.